The van der Waals surface area contributed by atoms with Crippen LogP contribution in [-0.2, 0) is 29.1 Å². The maximum absolute atomic E-state index is 8.89. The molecule has 0 radical (unpaired) electrons. The van der Waals surface area contributed by atoms with E-state index in [-0.39, 0.29) is 25.0 Å². The zero-order chi connectivity index (χ0) is 11.6. The molecule has 5 nitrogen and oxygen atoms in total. The van der Waals surface area contributed by atoms with Gasteiger partial charge in [-0.15, -0.1) is 11.3 Å². The van der Waals surface area contributed by atoms with Crippen molar-refractivity contribution < 1.29 is 44.8 Å². The van der Waals surface area contributed by atoms with Gasteiger partial charge >= 0.3 is 19.5 Å². The van der Waals surface area contributed by atoms with Gasteiger partial charge in [0.15, 0.2) is 0 Å². The molecular weight excluding hydrogens is 286 g/mol. The van der Waals surface area contributed by atoms with Crippen LogP contribution in [0.3, 0.4) is 0 Å². The molecule has 0 unspecified atom stereocenters. The molecule has 0 spiro atoms. The second-order valence-corrected chi connectivity index (χ2v) is 3.36. The summed E-state index contributed by atoms with van der Waals surface area (Å²) in [7, 11) is 0. The fraction of sp³-hybridized carbons (Fsp3) is 0.333. The Morgan fingerprint density at radius 1 is 1.19 bits per heavy atom. The van der Waals surface area contributed by atoms with Gasteiger partial charge in [0.1, 0.15) is 0 Å². The van der Waals surface area contributed by atoms with Gasteiger partial charge in [-0.2, -0.15) is 0 Å². The van der Waals surface area contributed by atoms with Crippen LogP contribution in [0.2, 0.25) is 0 Å². The SMILES string of the molecule is CC(=O)[O-].CC(=O)[O-].Cc1cccs1.O.[Zn+2]. The van der Waals surface area contributed by atoms with Gasteiger partial charge in [0.25, 0.3) is 0 Å². The number of rotatable bonds is 0. The van der Waals surface area contributed by atoms with Gasteiger partial charge in [0.2, 0.25) is 0 Å². The average molecular weight is 300 g/mol. The summed E-state index contributed by atoms with van der Waals surface area (Å²) in [4.78, 5) is 19.2. The Balaban J connectivity index is -0.0000000660. The van der Waals surface area contributed by atoms with Crippen molar-refractivity contribution in [3.63, 3.8) is 0 Å². The summed E-state index contributed by atoms with van der Waals surface area (Å²) in [6, 6.07) is 4.16. The largest absolute Gasteiger partial charge is 2.00 e. The minimum atomic E-state index is -1.08. The molecule has 0 fully saturated rings. The van der Waals surface area contributed by atoms with Gasteiger partial charge in [-0.05, 0) is 32.2 Å². The minimum Gasteiger partial charge on any atom is -0.550 e. The fourth-order valence-electron chi connectivity index (χ4n) is 0.361. The van der Waals surface area contributed by atoms with Crippen molar-refractivity contribution in [2.24, 2.45) is 0 Å². The third-order valence-corrected chi connectivity index (χ3v) is 1.46. The standard InChI is InChI=1S/C5H6S.2C2H4O2.H2O.Zn/c1-5-3-2-4-6-5;2*1-2(3)4;;/h2-4H,1H3;2*1H3,(H,3,4);1H2;/q;;;;+2/p-2. The molecule has 1 rings (SSSR count). The van der Waals surface area contributed by atoms with E-state index in [2.05, 4.69) is 24.4 Å². The van der Waals surface area contributed by atoms with E-state index in [0.29, 0.717) is 0 Å². The number of carboxylic acid groups (broad SMARTS) is 2. The first kappa shape index (κ1) is 24.4. The van der Waals surface area contributed by atoms with Crippen molar-refractivity contribution in [3.8, 4) is 0 Å². The number of hydrogen-bond acceptors (Lipinski definition) is 5. The molecule has 2 N–H and O–H groups in total. The van der Waals surface area contributed by atoms with E-state index >= 15 is 0 Å². The second-order valence-electron chi connectivity index (χ2n) is 2.21. The first-order valence-electron chi connectivity index (χ1n) is 3.71. The smallest absolute Gasteiger partial charge is 0.550 e. The Bertz CT molecular complexity index is 241. The van der Waals surface area contributed by atoms with E-state index in [1.54, 1.807) is 11.3 Å². The fourth-order valence-corrected chi connectivity index (χ4v) is 0.890. The van der Waals surface area contributed by atoms with Crippen molar-refractivity contribution in [2.75, 3.05) is 0 Å². The molecule has 1 aromatic heterocycles. The molecule has 0 atom stereocenters. The van der Waals surface area contributed by atoms with Crippen LogP contribution in [0.15, 0.2) is 17.5 Å². The molecular formula is C9H14O5SZn. The Morgan fingerprint density at radius 3 is 1.56 bits per heavy atom. The zero-order valence-corrected chi connectivity index (χ0v) is 13.3. The number of hydrogen-bond donors (Lipinski definition) is 0. The van der Waals surface area contributed by atoms with Crippen LogP contribution in [-0.4, -0.2) is 17.4 Å². The number of aliphatic carboxylic acids is 2. The maximum Gasteiger partial charge on any atom is 2.00 e. The van der Waals surface area contributed by atoms with Crippen molar-refractivity contribution in [3.05, 3.63) is 22.4 Å². The summed E-state index contributed by atoms with van der Waals surface area (Å²) >= 11 is 1.78. The van der Waals surface area contributed by atoms with E-state index in [9.17, 15) is 0 Å². The topological polar surface area (TPSA) is 112 Å². The third-order valence-electron chi connectivity index (χ3n) is 0.663. The molecule has 0 aliphatic carbocycles. The Hall–Kier alpha value is -0.777. The third kappa shape index (κ3) is 51.0. The van der Waals surface area contributed by atoms with Crippen LogP contribution >= 0.6 is 11.3 Å². The molecule has 0 aliphatic rings. The van der Waals surface area contributed by atoms with Crippen LogP contribution in [0.1, 0.15) is 18.7 Å². The minimum absolute atomic E-state index is 0. The Kier molecular flexibility index (Phi) is 25.4. The van der Waals surface area contributed by atoms with Crippen molar-refractivity contribution in [1.29, 1.82) is 0 Å². The summed E-state index contributed by atoms with van der Waals surface area (Å²) in [5, 5.41) is 19.9. The van der Waals surface area contributed by atoms with Crippen LogP contribution in [0, 0.1) is 6.92 Å². The average Bonchev–Trinajstić information content (AvgIpc) is 2.36. The van der Waals surface area contributed by atoms with Crippen LogP contribution in [0.4, 0.5) is 0 Å². The molecule has 0 bridgehead atoms. The van der Waals surface area contributed by atoms with Gasteiger partial charge in [0, 0.05) is 16.8 Å². The summed E-state index contributed by atoms with van der Waals surface area (Å²) in [5.74, 6) is -2.17. The Labute approximate surface area is 111 Å². The van der Waals surface area contributed by atoms with E-state index < -0.39 is 11.9 Å². The predicted molar refractivity (Wildman–Crippen MR) is 54.0 cm³/mol. The first-order valence-corrected chi connectivity index (χ1v) is 4.59. The molecule has 0 saturated carbocycles. The van der Waals surface area contributed by atoms with Crippen LogP contribution in [0.5, 0.6) is 0 Å². The normalized spacial score (nSPS) is 6.44. The van der Waals surface area contributed by atoms with E-state index in [1.807, 2.05) is 0 Å². The van der Waals surface area contributed by atoms with E-state index in [1.165, 1.54) is 4.88 Å². The van der Waals surface area contributed by atoms with Crippen molar-refractivity contribution >= 4 is 23.3 Å². The molecule has 0 amide bonds. The molecule has 16 heavy (non-hydrogen) atoms. The summed E-state index contributed by atoms with van der Waals surface area (Å²) in [6.45, 7) is 4.05. The van der Waals surface area contributed by atoms with Gasteiger partial charge < -0.3 is 25.3 Å². The van der Waals surface area contributed by atoms with Crippen LogP contribution < -0.4 is 10.2 Å². The summed E-state index contributed by atoms with van der Waals surface area (Å²) in [5.41, 5.74) is 0. The van der Waals surface area contributed by atoms with E-state index in [4.69, 9.17) is 19.8 Å². The molecule has 1 aromatic rings. The number of thiophene rings is 1. The maximum atomic E-state index is 8.89. The molecule has 0 aliphatic heterocycles. The van der Waals surface area contributed by atoms with Crippen LogP contribution in [0.25, 0.3) is 0 Å². The quantitative estimate of drug-likeness (QED) is 0.557. The zero-order valence-electron chi connectivity index (χ0n) is 9.48. The molecule has 7 heteroatoms. The Morgan fingerprint density at radius 2 is 1.50 bits per heavy atom. The number of carboxylic acids is 2. The second kappa shape index (κ2) is 16.6. The molecule has 0 saturated heterocycles. The number of aryl methyl sites for hydroxylation is 1. The summed E-state index contributed by atoms with van der Waals surface area (Å²) in [6.07, 6.45) is 0. The van der Waals surface area contributed by atoms with E-state index in [0.717, 1.165) is 13.8 Å². The van der Waals surface area contributed by atoms with Crippen molar-refractivity contribution in [1.82, 2.24) is 0 Å². The summed E-state index contributed by atoms with van der Waals surface area (Å²) < 4.78 is 0. The molecule has 0 aromatic carbocycles. The molecule has 1 heterocycles. The number of carbonyl (C=O) groups is 2. The monoisotopic (exact) mass is 298 g/mol. The predicted octanol–water partition coefficient (Wildman–Crippen LogP) is -1.26. The van der Waals surface area contributed by atoms with Gasteiger partial charge in [-0.3, -0.25) is 0 Å². The first-order chi connectivity index (χ1) is 6.36. The van der Waals surface area contributed by atoms with Gasteiger partial charge in [-0.1, -0.05) is 6.07 Å². The van der Waals surface area contributed by atoms with Gasteiger partial charge in [0.05, 0.1) is 0 Å². The number of carbonyl (C=O) groups excluding carboxylic acids is 2. The van der Waals surface area contributed by atoms with Gasteiger partial charge in [-0.25, -0.2) is 0 Å². The molecule has 88 valence electrons. The van der Waals surface area contributed by atoms with Crippen molar-refractivity contribution in [2.45, 2.75) is 20.8 Å².